The molecule has 1 unspecified atom stereocenters. The van der Waals surface area contributed by atoms with Crippen molar-refractivity contribution in [3.63, 3.8) is 0 Å². The number of nitrogens with zero attached hydrogens (tertiary/aromatic N) is 5. The van der Waals surface area contributed by atoms with Crippen molar-refractivity contribution in [1.82, 2.24) is 24.5 Å². The smallest absolute Gasteiger partial charge is 0.339 e. The highest BCUT2D eigenvalue weighted by Gasteiger charge is 2.35. The van der Waals surface area contributed by atoms with Crippen LogP contribution in [0.15, 0.2) is 12.3 Å². The molecule has 0 aliphatic heterocycles. The third-order valence-corrected chi connectivity index (χ3v) is 4.06. The van der Waals surface area contributed by atoms with Crippen molar-refractivity contribution in [2.24, 2.45) is 7.05 Å². The van der Waals surface area contributed by atoms with Crippen LogP contribution in [0.25, 0.3) is 0 Å². The minimum Gasteiger partial charge on any atom is -0.339 e. The molecule has 0 fully saturated rings. The van der Waals surface area contributed by atoms with Gasteiger partial charge in [-0.2, -0.15) is 23.4 Å². The standard InChI is InChI=1S/C15H20F3N5O/c1-9-6-13(15(16,17)18)20-23(9)11(3)14(24)21(4)8-12-7-19-22(5)10(12)2/h6-7,11H,8H2,1-5H3. The average molecular weight is 343 g/mol. The molecule has 2 aromatic rings. The number of halogens is 3. The van der Waals surface area contributed by atoms with E-state index in [1.807, 2.05) is 6.92 Å². The molecule has 9 heteroatoms. The molecular formula is C15H20F3N5O. The van der Waals surface area contributed by atoms with Crippen molar-refractivity contribution in [1.29, 1.82) is 0 Å². The summed E-state index contributed by atoms with van der Waals surface area (Å²) in [6.07, 6.45) is -2.86. The van der Waals surface area contributed by atoms with Crippen LogP contribution >= 0.6 is 0 Å². The lowest BCUT2D eigenvalue weighted by Crippen LogP contribution is -2.33. The second-order valence-corrected chi connectivity index (χ2v) is 5.86. The Morgan fingerprint density at radius 2 is 2.00 bits per heavy atom. The summed E-state index contributed by atoms with van der Waals surface area (Å²) in [5.41, 5.74) is 1.10. The van der Waals surface area contributed by atoms with E-state index < -0.39 is 17.9 Å². The molecule has 1 atom stereocenters. The molecule has 132 valence electrons. The topological polar surface area (TPSA) is 56.0 Å². The summed E-state index contributed by atoms with van der Waals surface area (Å²) in [5, 5.41) is 7.65. The van der Waals surface area contributed by atoms with Crippen LogP contribution in [0.4, 0.5) is 13.2 Å². The summed E-state index contributed by atoms with van der Waals surface area (Å²) in [5.74, 6) is -0.321. The van der Waals surface area contributed by atoms with Gasteiger partial charge >= 0.3 is 6.18 Å². The van der Waals surface area contributed by atoms with Crippen LogP contribution in [-0.2, 0) is 24.6 Å². The fraction of sp³-hybridized carbons (Fsp3) is 0.533. The number of hydrogen-bond donors (Lipinski definition) is 0. The molecule has 0 N–H and O–H groups in total. The third kappa shape index (κ3) is 3.44. The summed E-state index contributed by atoms with van der Waals surface area (Å²) in [6.45, 7) is 5.25. The number of amides is 1. The highest BCUT2D eigenvalue weighted by molar-refractivity contribution is 5.79. The quantitative estimate of drug-likeness (QED) is 0.857. The highest BCUT2D eigenvalue weighted by atomic mass is 19.4. The Morgan fingerprint density at radius 3 is 2.46 bits per heavy atom. The first-order chi connectivity index (χ1) is 11.0. The van der Waals surface area contributed by atoms with Crippen LogP contribution in [0.2, 0.25) is 0 Å². The van der Waals surface area contributed by atoms with Gasteiger partial charge in [-0.15, -0.1) is 0 Å². The van der Waals surface area contributed by atoms with Crippen molar-refractivity contribution in [3.05, 3.63) is 34.9 Å². The Kier molecular flexibility index (Phi) is 4.73. The van der Waals surface area contributed by atoms with Gasteiger partial charge in [0.15, 0.2) is 5.69 Å². The van der Waals surface area contributed by atoms with Gasteiger partial charge in [-0.1, -0.05) is 0 Å². The van der Waals surface area contributed by atoms with E-state index in [4.69, 9.17) is 0 Å². The van der Waals surface area contributed by atoms with Crippen LogP contribution in [0.3, 0.4) is 0 Å². The number of aryl methyl sites for hydroxylation is 2. The minimum absolute atomic E-state index is 0.286. The number of hydrogen-bond acceptors (Lipinski definition) is 3. The number of likely N-dealkylation sites (N-methyl/N-ethyl adjacent to an activating group) is 1. The molecule has 0 aliphatic rings. The van der Waals surface area contributed by atoms with Crippen LogP contribution in [0.5, 0.6) is 0 Å². The lowest BCUT2D eigenvalue weighted by Gasteiger charge is -2.22. The monoisotopic (exact) mass is 343 g/mol. The first-order valence-corrected chi connectivity index (χ1v) is 7.38. The van der Waals surface area contributed by atoms with Gasteiger partial charge in [-0.25, -0.2) is 0 Å². The zero-order chi connectivity index (χ0) is 18.2. The molecule has 0 bridgehead atoms. The Labute approximate surface area is 137 Å². The number of alkyl halides is 3. The molecule has 0 aliphatic carbocycles. The SMILES string of the molecule is Cc1c(CN(C)C(=O)C(C)n2nc(C(F)(F)F)cc2C)cnn1C. The van der Waals surface area contributed by atoms with Crippen LogP contribution in [0, 0.1) is 13.8 Å². The van der Waals surface area contributed by atoms with Crippen molar-refractivity contribution in [2.75, 3.05) is 7.05 Å². The fourth-order valence-electron chi connectivity index (χ4n) is 2.47. The maximum absolute atomic E-state index is 12.8. The molecule has 2 rings (SSSR count). The summed E-state index contributed by atoms with van der Waals surface area (Å²) >= 11 is 0. The molecule has 24 heavy (non-hydrogen) atoms. The van der Waals surface area contributed by atoms with Gasteiger partial charge in [-0.3, -0.25) is 14.2 Å². The predicted molar refractivity (Wildman–Crippen MR) is 81.1 cm³/mol. The lowest BCUT2D eigenvalue weighted by molar-refractivity contribution is -0.142. The number of rotatable bonds is 4. The molecule has 0 saturated carbocycles. The second-order valence-electron chi connectivity index (χ2n) is 5.86. The molecule has 0 spiro atoms. The molecule has 0 saturated heterocycles. The largest absolute Gasteiger partial charge is 0.435 e. The maximum atomic E-state index is 12.8. The number of aromatic nitrogens is 4. The molecule has 6 nitrogen and oxygen atoms in total. The zero-order valence-electron chi connectivity index (χ0n) is 14.2. The zero-order valence-corrected chi connectivity index (χ0v) is 14.2. The van der Waals surface area contributed by atoms with Gasteiger partial charge in [0.25, 0.3) is 0 Å². The van der Waals surface area contributed by atoms with Crippen LogP contribution in [0.1, 0.15) is 35.6 Å². The first kappa shape index (κ1) is 18.0. The van der Waals surface area contributed by atoms with E-state index in [1.54, 1.807) is 25.0 Å². The van der Waals surface area contributed by atoms with E-state index in [2.05, 4.69) is 10.2 Å². The van der Waals surface area contributed by atoms with E-state index in [9.17, 15) is 18.0 Å². The molecule has 0 radical (unpaired) electrons. The third-order valence-electron chi connectivity index (χ3n) is 4.06. The maximum Gasteiger partial charge on any atom is 0.435 e. The van der Waals surface area contributed by atoms with Gasteiger partial charge in [-0.05, 0) is 26.8 Å². The molecule has 1 amide bonds. The Morgan fingerprint density at radius 1 is 1.38 bits per heavy atom. The lowest BCUT2D eigenvalue weighted by atomic mass is 10.2. The number of carbonyl (C=O) groups excluding carboxylic acids is 1. The normalized spacial score (nSPS) is 13.2. The van der Waals surface area contributed by atoms with E-state index in [0.717, 1.165) is 22.0 Å². The van der Waals surface area contributed by atoms with Crippen molar-refractivity contribution >= 4 is 5.91 Å². The fourth-order valence-corrected chi connectivity index (χ4v) is 2.47. The predicted octanol–water partition coefficient (Wildman–Crippen LogP) is 2.47. The van der Waals surface area contributed by atoms with Gasteiger partial charge in [0, 0.05) is 37.6 Å². The van der Waals surface area contributed by atoms with Crippen LogP contribution < -0.4 is 0 Å². The van der Waals surface area contributed by atoms with Gasteiger partial charge in [0.1, 0.15) is 6.04 Å². The Hall–Kier alpha value is -2.32. The molecule has 2 heterocycles. The van der Waals surface area contributed by atoms with Crippen molar-refractivity contribution < 1.29 is 18.0 Å². The van der Waals surface area contributed by atoms with E-state index in [0.29, 0.717) is 6.54 Å². The van der Waals surface area contributed by atoms with Gasteiger partial charge < -0.3 is 4.90 Å². The average Bonchev–Trinajstić information content (AvgIpc) is 3.03. The number of carbonyl (C=O) groups is 1. The second kappa shape index (κ2) is 6.29. The van der Waals surface area contributed by atoms with Gasteiger partial charge in [0.05, 0.1) is 6.20 Å². The minimum atomic E-state index is -4.53. The Balaban J connectivity index is 2.17. The van der Waals surface area contributed by atoms with E-state index >= 15 is 0 Å². The summed E-state index contributed by atoms with van der Waals surface area (Å²) in [7, 11) is 3.41. The van der Waals surface area contributed by atoms with Crippen molar-refractivity contribution in [3.8, 4) is 0 Å². The molecule has 2 aromatic heterocycles. The Bertz CT molecular complexity index is 747. The van der Waals surface area contributed by atoms with Crippen molar-refractivity contribution in [2.45, 2.75) is 39.5 Å². The van der Waals surface area contributed by atoms with E-state index in [-0.39, 0.29) is 11.6 Å². The summed E-state index contributed by atoms with van der Waals surface area (Å²) in [4.78, 5) is 14.0. The molecular weight excluding hydrogens is 323 g/mol. The van der Waals surface area contributed by atoms with E-state index in [1.165, 1.54) is 18.7 Å². The van der Waals surface area contributed by atoms with Crippen LogP contribution in [-0.4, -0.2) is 37.4 Å². The summed E-state index contributed by atoms with van der Waals surface area (Å²) < 4.78 is 41.1. The highest BCUT2D eigenvalue weighted by Crippen LogP contribution is 2.29. The van der Waals surface area contributed by atoms with Gasteiger partial charge in [0.2, 0.25) is 5.91 Å². The first-order valence-electron chi connectivity index (χ1n) is 7.38. The summed E-state index contributed by atoms with van der Waals surface area (Å²) in [6, 6.07) is 0.109. The molecule has 0 aromatic carbocycles.